The first-order valence-corrected chi connectivity index (χ1v) is 5.79. The maximum atomic E-state index is 11.7. The normalized spacial score (nSPS) is 20.8. The molecular weight excluding hydrogens is 347 g/mol. The van der Waals surface area contributed by atoms with Crippen LogP contribution >= 0.6 is 38.5 Å². The van der Waals surface area contributed by atoms with Gasteiger partial charge >= 0.3 is 0 Å². The lowest BCUT2D eigenvalue weighted by Crippen LogP contribution is -2.28. The van der Waals surface area contributed by atoms with E-state index in [1.807, 2.05) is 18.2 Å². The largest absolute Gasteiger partial charge is 0.491 e. The lowest BCUT2D eigenvalue weighted by Gasteiger charge is -2.20. The zero-order valence-electron chi connectivity index (χ0n) is 6.59. The van der Waals surface area contributed by atoms with Crippen LogP contribution in [0.4, 0.5) is 0 Å². The molecule has 13 heavy (non-hydrogen) atoms. The van der Waals surface area contributed by atoms with E-state index in [4.69, 9.17) is 4.74 Å². The number of ketones is 1. The molecule has 1 aromatic rings. The van der Waals surface area contributed by atoms with Crippen molar-refractivity contribution in [3.63, 3.8) is 0 Å². The van der Waals surface area contributed by atoms with Crippen LogP contribution in [-0.4, -0.2) is 17.2 Å². The highest BCUT2D eigenvalue weighted by Crippen LogP contribution is 2.30. The minimum atomic E-state index is -0.198. The number of rotatable bonds is 0. The first-order valence-electron chi connectivity index (χ1n) is 3.80. The molecule has 0 saturated carbocycles. The quantitative estimate of drug-likeness (QED) is 0.530. The van der Waals surface area contributed by atoms with Crippen LogP contribution < -0.4 is 4.74 Å². The Balaban J connectivity index is 2.57. The van der Waals surface area contributed by atoms with Gasteiger partial charge in [0.05, 0.1) is 5.56 Å². The summed E-state index contributed by atoms with van der Waals surface area (Å²) in [6.07, 6.45) is 0. The summed E-state index contributed by atoms with van der Waals surface area (Å²) in [5.41, 5.74) is 0.705. The number of hydrogen-bond donors (Lipinski definition) is 0. The fraction of sp³-hybridized carbons (Fsp3) is 0.222. The van der Waals surface area contributed by atoms with E-state index in [1.165, 1.54) is 0 Å². The summed E-state index contributed by atoms with van der Waals surface area (Å²) in [7, 11) is 0. The Morgan fingerprint density at radius 3 is 3.08 bits per heavy atom. The summed E-state index contributed by atoms with van der Waals surface area (Å²) in [5, 5.41) is 0. The standard InChI is InChI=1S/C9H6BrIO2/c10-5-4-13-7-3-1-2-6(11)8(7)9(5)12/h1-3,5H,4H2. The Morgan fingerprint density at radius 1 is 1.54 bits per heavy atom. The Labute approximate surface area is 97.9 Å². The van der Waals surface area contributed by atoms with E-state index in [2.05, 4.69) is 38.5 Å². The van der Waals surface area contributed by atoms with Gasteiger partial charge in [-0.15, -0.1) is 0 Å². The molecule has 1 aliphatic rings. The maximum absolute atomic E-state index is 11.7. The maximum Gasteiger partial charge on any atom is 0.184 e. The molecule has 0 spiro atoms. The third-order valence-electron chi connectivity index (χ3n) is 1.89. The van der Waals surface area contributed by atoms with Gasteiger partial charge in [0, 0.05) is 3.57 Å². The van der Waals surface area contributed by atoms with Crippen molar-refractivity contribution in [1.29, 1.82) is 0 Å². The number of benzene rings is 1. The van der Waals surface area contributed by atoms with Crippen LogP contribution in [0, 0.1) is 3.57 Å². The molecule has 1 atom stereocenters. The zero-order chi connectivity index (χ0) is 9.42. The molecule has 1 aromatic carbocycles. The average Bonchev–Trinajstić information content (AvgIpc) is 2.12. The molecule has 0 N–H and O–H groups in total. The molecule has 1 heterocycles. The average molecular weight is 353 g/mol. The van der Waals surface area contributed by atoms with Gasteiger partial charge in [-0.1, -0.05) is 22.0 Å². The van der Waals surface area contributed by atoms with E-state index in [9.17, 15) is 4.79 Å². The second-order valence-electron chi connectivity index (χ2n) is 2.76. The van der Waals surface area contributed by atoms with Crippen molar-refractivity contribution in [3.05, 3.63) is 27.3 Å². The fourth-order valence-electron chi connectivity index (χ4n) is 1.26. The topological polar surface area (TPSA) is 26.3 Å². The number of fused-ring (bicyclic) bond motifs is 1. The van der Waals surface area contributed by atoms with Crippen LogP contribution in [0.25, 0.3) is 0 Å². The summed E-state index contributed by atoms with van der Waals surface area (Å²) in [5.74, 6) is 0.818. The summed E-state index contributed by atoms with van der Waals surface area (Å²) in [6, 6.07) is 5.63. The molecule has 2 rings (SSSR count). The highest BCUT2D eigenvalue weighted by molar-refractivity contribution is 14.1. The Morgan fingerprint density at radius 2 is 2.31 bits per heavy atom. The van der Waals surface area contributed by atoms with Gasteiger partial charge in [0.25, 0.3) is 0 Å². The van der Waals surface area contributed by atoms with Crippen LogP contribution in [0.1, 0.15) is 10.4 Å². The number of carbonyl (C=O) groups excluding carboxylic acids is 1. The predicted molar refractivity (Wildman–Crippen MR) is 61.7 cm³/mol. The Bertz CT molecular complexity index is 365. The lowest BCUT2D eigenvalue weighted by molar-refractivity contribution is 0.0945. The predicted octanol–water partition coefficient (Wildman–Crippen LogP) is 2.63. The van der Waals surface area contributed by atoms with Crippen LogP contribution in [0.3, 0.4) is 0 Å². The highest BCUT2D eigenvalue weighted by Gasteiger charge is 2.28. The van der Waals surface area contributed by atoms with Crippen molar-refractivity contribution in [2.75, 3.05) is 6.61 Å². The van der Waals surface area contributed by atoms with E-state index in [0.29, 0.717) is 17.9 Å². The smallest absolute Gasteiger partial charge is 0.184 e. The summed E-state index contributed by atoms with van der Waals surface area (Å²) < 4.78 is 6.36. The Hall–Kier alpha value is -0.100. The minimum absolute atomic E-state index is 0.117. The SMILES string of the molecule is O=C1c2c(I)cccc2OCC1Br. The van der Waals surface area contributed by atoms with Crippen molar-refractivity contribution < 1.29 is 9.53 Å². The van der Waals surface area contributed by atoms with Crippen molar-refractivity contribution in [2.45, 2.75) is 4.83 Å². The second kappa shape index (κ2) is 3.57. The number of hydrogen-bond acceptors (Lipinski definition) is 2. The number of alkyl halides is 1. The second-order valence-corrected chi connectivity index (χ2v) is 5.02. The van der Waals surface area contributed by atoms with Gasteiger partial charge < -0.3 is 4.74 Å². The molecule has 0 aliphatic carbocycles. The van der Waals surface area contributed by atoms with Crippen molar-refractivity contribution >= 4 is 44.3 Å². The minimum Gasteiger partial charge on any atom is -0.491 e. The third kappa shape index (κ3) is 1.61. The number of ether oxygens (including phenoxy) is 1. The van der Waals surface area contributed by atoms with Crippen LogP contribution in [-0.2, 0) is 0 Å². The van der Waals surface area contributed by atoms with Gasteiger partial charge in [0.2, 0.25) is 0 Å². The van der Waals surface area contributed by atoms with Gasteiger partial charge in [-0.05, 0) is 34.7 Å². The monoisotopic (exact) mass is 352 g/mol. The molecule has 0 fully saturated rings. The van der Waals surface area contributed by atoms with Gasteiger partial charge in [0.1, 0.15) is 17.2 Å². The fourth-order valence-corrected chi connectivity index (χ4v) is 2.36. The van der Waals surface area contributed by atoms with E-state index < -0.39 is 0 Å². The summed E-state index contributed by atoms with van der Waals surface area (Å²) in [6.45, 7) is 0.423. The van der Waals surface area contributed by atoms with E-state index in [0.717, 1.165) is 3.57 Å². The zero-order valence-corrected chi connectivity index (χ0v) is 10.3. The van der Waals surface area contributed by atoms with E-state index in [-0.39, 0.29) is 10.6 Å². The molecule has 0 amide bonds. The van der Waals surface area contributed by atoms with Gasteiger partial charge in [0.15, 0.2) is 5.78 Å². The molecule has 1 unspecified atom stereocenters. The molecule has 68 valence electrons. The van der Waals surface area contributed by atoms with Crippen molar-refractivity contribution in [1.82, 2.24) is 0 Å². The molecule has 4 heteroatoms. The van der Waals surface area contributed by atoms with Crippen molar-refractivity contribution in [2.24, 2.45) is 0 Å². The Kier molecular flexibility index (Phi) is 2.60. The molecule has 0 bridgehead atoms. The number of halogens is 2. The van der Waals surface area contributed by atoms with E-state index in [1.54, 1.807) is 0 Å². The van der Waals surface area contributed by atoms with Gasteiger partial charge in [-0.3, -0.25) is 4.79 Å². The first-order chi connectivity index (χ1) is 6.20. The van der Waals surface area contributed by atoms with E-state index >= 15 is 0 Å². The molecule has 0 radical (unpaired) electrons. The van der Waals surface area contributed by atoms with Crippen molar-refractivity contribution in [3.8, 4) is 5.75 Å². The highest BCUT2D eigenvalue weighted by atomic mass is 127. The number of Topliss-reactive ketones (excluding diaryl/α,β-unsaturated/α-hetero) is 1. The first kappa shape index (κ1) is 9.45. The lowest BCUT2D eigenvalue weighted by atomic mass is 10.1. The summed E-state index contributed by atoms with van der Waals surface area (Å²) in [4.78, 5) is 11.5. The molecule has 2 nitrogen and oxygen atoms in total. The molecule has 0 saturated heterocycles. The number of carbonyl (C=O) groups is 1. The van der Waals surface area contributed by atoms with Crippen LogP contribution in [0.5, 0.6) is 5.75 Å². The van der Waals surface area contributed by atoms with Gasteiger partial charge in [-0.25, -0.2) is 0 Å². The molecular formula is C9H6BrIO2. The molecule has 1 aliphatic heterocycles. The molecule has 0 aromatic heterocycles. The van der Waals surface area contributed by atoms with Crippen LogP contribution in [0.2, 0.25) is 0 Å². The summed E-state index contributed by atoms with van der Waals surface area (Å²) >= 11 is 5.43. The van der Waals surface area contributed by atoms with Gasteiger partial charge in [-0.2, -0.15) is 0 Å². The third-order valence-corrected chi connectivity index (χ3v) is 3.47. The van der Waals surface area contributed by atoms with Crippen LogP contribution in [0.15, 0.2) is 18.2 Å².